The van der Waals surface area contributed by atoms with Gasteiger partial charge in [0, 0.05) is 25.9 Å². The minimum absolute atomic E-state index is 0.126. The molecule has 2 saturated heterocycles. The summed E-state index contributed by atoms with van der Waals surface area (Å²) in [6.07, 6.45) is 2.52. The number of aryl methyl sites for hydroxylation is 2. The predicted molar refractivity (Wildman–Crippen MR) is 77.6 cm³/mol. The van der Waals surface area contributed by atoms with Gasteiger partial charge in [0.25, 0.3) is 5.91 Å². The van der Waals surface area contributed by atoms with Gasteiger partial charge in [0.1, 0.15) is 5.60 Å². The topological polar surface area (TPSA) is 84.7 Å². The fourth-order valence-electron chi connectivity index (χ4n) is 3.10. The average molecular weight is 307 g/mol. The minimum Gasteiger partial charge on any atom is -0.441 e. The number of rotatable bonds is 2. The van der Waals surface area contributed by atoms with Gasteiger partial charge in [-0.05, 0) is 19.8 Å². The zero-order chi connectivity index (χ0) is 15.7. The molecule has 7 heteroatoms. The molecular weight excluding hydrogens is 286 g/mol. The fourth-order valence-corrected chi connectivity index (χ4v) is 3.10. The smallest absolute Gasteiger partial charge is 0.407 e. The Balaban J connectivity index is 1.71. The summed E-state index contributed by atoms with van der Waals surface area (Å²) < 4.78 is 11.0. The third-order valence-corrected chi connectivity index (χ3v) is 4.39. The van der Waals surface area contributed by atoms with Crippen LogP contribution >= 0.6 is 0 Å². The van der Waals surface area contributed by atoms with E-state index in [1.807, 2.05) is 6.92 Å². The van der Waals surface area contributed by atoms with Crippen LogP contribution in [0, 0.1) is 6.92 Å². The van der Waals surface area contributed by atoms with E-state index in [0.717, 1.165) is 12.8 Å². The predicted octanol–water partition coefficient (Wildman–Crippen LogP) is 1.65. The average Bonchev–Trinajstić information content (AvgIpc) is 2.97. The quantitative estimate of drug-likeness (QED) is 0.898. The molecule has 1 spiro atoms. The first-order valence-corrected chi connectivity index (χ1v) is 7.75. The van der Waals surface area contributed by atoms with E-state index in [1.54, 1.807) is 11.8 Å². The first-order valence-electron chi connectivity index (χ1n) is 7.75. The number of aromatic nitrogens is 1. The maximum atomic E-state index is 12.6. The van der Waals surface area contributed by atoms with Crippen molar-refractivity contribution >= 4 is 12.0 Å². The first-order chi connectivity index (χ1) is 10.5. The molecule has 0 bridgehead atoms. The van der Waals surface area contributed by atoms with Crippen LogP contribution in [0.3, 0.4) is 0 Å². The molecule has 3 heterocycles. The van der Waals surface area contributed by atoms with Crippen LogP contribution in [0.2, 0.25) is 0 Å². The van der Waals surface area contributed by atoms with Crippen molar-refractivity contribution in [3.8, 4) is 0 Å². The number of hydrogen-bond donors (Lipinski definition) is 1. The second kappa shape index (κ2) is 5.62. The van der Waals surface area contributed by atoms with Gasteiger partial charge < -0.3 is 19.4 Å². The molecule has 7 nitrogen and oxygen atoms in total. The second-order valence-corrected chi connectivity index (χ2v) is 5.95. The minimum atomic E-state index is -0.461. The lowest BCUT2D eigenvalue weighted by molar-refractivity contribution is 0.0435. The van der Waals surface area contributed by atoms with Crippen molar-refractivity contribution in [3.05, 3.63) is 17.3 Å². The summed E-state index contributed by atoms with van der Waals surface area (Å²) in [7, 11) is 0. The van der Waals surface area contributed by atoms with E-state index in [0.29, 0.717) is 49.8 Å². The number of oxazole rings is 1. The Labute approximate surface area is 129 Å². The van der Waals surface area contributed by atoms with Crippen LogP contribution < -0.4 is 5.32 Å². The molecular formula is C15H21N3O4. The number of nitrogens with one attached hydrogen (secondary N) is 1. The third-order valence-electron chi connectivity index (χ3n) is 4.39. The van der Waals surface area contributed by atoms with E-state index in [4.69, 9.17) is 9.15 Å². The van der Waals surface area contributed by atoms with Crippen LogP contribution in [0.15, 0.2) is 4.42 Å². The Kier molecular flexibility index (Phi) is 3.80. The molecule has 2 amide bonds. The number of likely N-dealkylation sites (tertiary alicyclic amines) is 1. The Morgan fingerprint density at radius 2 is 2.23 bits per heavy atom. The normalized spacial score (nSPS) is 25.0. The van der Waals surface area contributed by atoms with Crippen molar-refractivity contribution in [2.75, 3.05) is 19.6 Å². The molecule has 2 aliphatic heterocycles. The molecule has 3 rings (SSSR count). The van der Waals surface area contributed by atoms with Gasteiger partial charge in [0.05, 0.1) is 12.2 Å². The Morgan fingerprint density at radius 3 is 2.86 bits per heavy atom. The van der Waals surface area contributed by atoms with E-state index >= 15 is 0 Å². The maximum Gasteiger partial charge on any atom is 0.407 e. The molecule has 0 aliphatic carbocycles. The molecule has 0 saturated carbocycles. The molecule has 1 aromatic rings. The molecule has 0 unspecified atom stereocenters. The lowest BCUT2D eigenvalue weighted by Crippen LogP contribution is -2.36. The van der Waals surface area contributed by atoms with E-state index in [2.05, 4.69) is 10.3 Å². The van der Waals surface area contributed by atoms with Crippen molar-refractivity contribution < 1.29 is 18.7 Å². The lowest BCUT2D eigenvalue weighted by Gasteiger charge is -2.24. The van der Waals surface area contributed by atoms with Crippen molar-refractivity contribution in [1.29, 1.82) is 0 Å². The van der Waals surface area contributed by atoms with Crippen molar-refractivity contribution in [1.82, 2.24) is 15.2 Å². The number of carbonyl (C=O) groups is 2. The van der Waals surface area contributed by atoms with E-state index in [9.17, 15) is 9.59 Å². The van der Waals surface area contributed by atoms with Gasteiger partial charge in [-0.1, -0.05) is 6.92 Å². The molecule has 22 heavy (non-hydrogen) atoms. The number of ether oxygens (including phenoxy) is 1. The van der Waals surface area contributed by atoms with Gasteiger partial charge in [-0.3, -0.25) is 4.79 Å². The molecule has 2 aliphatic rings. The summed E-state index contributed by atoms with van der Waals surface area (Å²) in [5.74, 6) is 0.787. The third kappa shape index (κ3) is 2.67. The van der Waals surface area contributed by atoms with Gasteiger partial charge >= 0.3 is 6.09 Å². The molecule has 2 fully saturated rings. The van der Waals surface area contributed by atoms with E-state index in [-0.39, 0.29) is 12.0 Å². The van der Waals surface area contributed by atoms with Gasteiger partial charge in [-0.15, -0.1) is 0 Å². The molecule has 1 aromatic heterocycles. The van der Waals surface area contributed by atoms with Crippen LogP contribution in [0.4, 0.5) is 4.79 Å². The van der Waals surface area contributed by atoms with Gasteiger partial charge in [-0.2, -0.15) is 0 Å². The van der Waals surface area contributed by atoms with Gasteiger partial charge in [0.2, 0.25) is 5.76 Å². The number of carbonyl (C=O) groups excluding carboxylic acids is 2. The van der Waals surface area contributed by atoms with Crippen molar-refractivity contribution in [2.45, 2.75) is 45.1 Å². The molecule has 0 aromatic carbocycles. The first kappa shape index (κ1) is 14.9. The Morgan fingerprint density at radius 1 is 1.41 bits per heavy atom. The Bertz CT molecular complexity index is 598. The van der Waals surface area contributed by atoms with Crippen LogP contribution in [-0.4, -0.2) is 47.1 Å². The zero-order valence-corrected chi connectivity index (χ0v) is 13.0. The Hall–Kier alpha value is -2.05. The fraction of sp³-hybridized carbons (Fsp3) is 0.667. The zero-order valence-electron chi connectivity index (χ0n) is 13.0. The maximum absolute atomic E-state index is 12.6. The summed E-state index contributed by atoms with van der Waals surface area (Å²) in [5.41, 5.74) is 0.173. The SMILES string of the molecule is CCc1nc(C)c(C(=O)N2CCC[C@]3(CC2)CNC(=O)O3)o1. The summed E-state index contributed by atoms with van der Waals surface area (Å²) in [6.45, 7) is 5.44. The number of alkyl carbamates (subject to hydrolysis) is 1. The van der Waals surface area contributed by atoms with Gasteiger partial charge in [0.15, 0.2) is 5.89 Å². The second-order valence-electron chi connectivity index (χ2n) is 5.95. The van der Waals surface area contributed by atoms with Crippen LogP contribution in [0.1, 0.15) is 48.3 Å². The van der Waals surface area contributed by atoms with Crippen LogP contribution in [-0.2, 0) is 11.2 Å². The highest BCUT2D eigenvalue weighted by atomic mass is 16.6. The van der Waals surface area contributed by atoms with Crippen molar-refractivity contribution in [3.63, 3.8) is 0 Å². The summed E-state index contributed by atoms with van der Waals surface area (Å²) in [6, 6.07) is 0. The number of nitrogens with zero attached hydrogens (tertiary/aromatic N) is 2. The van der Waals surface area contributed by atoms with E-state index in [1.165, 1.54) is 0 Å². The standard InChI is InChI=1S/C15H21N3O4/c1-3-11-17-10(2)12(21-11)13(19)18-7-4-5-15(6-8-18)9-16-14(20)22-15/h3-9H2,1-2H3,(H,16,20)/t15-/m0/s1. The van der Waals surface area contributed by atoms with Crippen LogP contribution in [0.25, 0.3) is 0 Å². The lowest BCUT2D eigenvalue weighted by atomic mass is 9.95. The molecule has 1 N–H and O–H groups in total. The molecule has 120 valence electrons. The molecule has 1 atom stereocenters. The monoisotopic (exact) mass is 307 g/mol. The summed E-state index contributed by atoms with van der Waals surface area (Å²) in [4.78, 5) is 30.0. The number of amides is 2. The van der Waals surface area contributed by atoms with Gasteiger partial charge in [-0.25, -0.2) is 9.78 Å². The molecule has 0 radical (unpaired) electrons. The number of hydrogen-bond acceptors (Lipinski definition) is 5. The largest absolute Gasteiger partial charge is 0.441 e. The highest BCUT2D eigenvalue weighted by molar-refractivity contribution is 5.92. The van der Waals surface area contributed by atoms with Crippen molar-refractivity contribution in [2.24, 2.45) is 0 Å². The highest BCUT2D eigenvalue weighted by Crippen LogP contribution is 2.30. The van der Waals surface area contributed by atoms with Crippen LogP contribution in [0.5, 0.6) is 0 Å². The highest BCUT2D eigenvalue weighted by Gasteiger charge is 2.42. The van der Waals surface area contributed by atoms with E-state index < -0.39 is 5.60 Å². The summed E-state index contributed by atoms with van der Waals surface area (Å²) in [5, 5.41) is 2.71. The summed E-state index contributed by atoms with van der Waals surface area (Å²) >= 11 is 0.